The van der Waals surface area contributed by atoms with Crippen LogP contribution in [0.1, 0.15) is 24.0 Å². The van der Waals surface area contributed by atoms with Crippen LogP contribution < -0.4 is 10.3 Å². The Morgan fingerprint density at radius 2 is 2.00 bits per heavy atom. The van der Waals surface area contributed by atoms with Gasteiger partial charge in [-0.05, 0) is 59.7 Å². The number of hydrogen-bond donors (Lipinski definition) is 0. The van der Waals surface area contributed by atoms with Gasteiger partial charge >= 0.3 is 0 Å². The van der Waals surface area contributed by atoms with Crippen LogP contribution in [0.3, 0.4) is 0 Å². The molecule has 5 nitrogen and oxygen atoms in total. The number of nitrogens with zero attached hydrogens (tertiary/aromatic N) is 2. The molecule has 2 heterocycles. The van der Waals surface area contributed by atoms with E-state index in [0.717, 1.165) is 40.6 Å². The number of benzene rings is 2. The molecule has 0 aliphatic carbocycles. The summed E-state index contributed by atoms with van der Waals surface area (Å²) < 4.78 is 13.3. The van der Waals surface area contributed by atoms with Crippen molar-refractivity contribution in [3.05, 3.63) is 88.2 Å². The fourth-order valence-corrected chi connectivity index (χ4v) is 4.07. The Labute approximate surface area is 175 Å². The largest absolute Gasteiger partial charge is 0.489 e. The lowest BCUT2D eigenvalue weighted by Gasteiger charge is -2.35. The molecule has 30 heavy (non-hydrogen) atoms. The maximum absolute atomic E-state index is 11.8. The highest BCUT2D eigenvalue weighted by atomic mass is 16.5. The fourth-order valence-electron chi connectivity index (χ4n) is 4.07. The number of aryl methyl sites for hydroxylation is 1. The molecule has 1 aromatic heterocycles. The molecule has 5 heteroatoms. The lowest BCUT2D eigenvalue weighted by atomic mass is 9.74. The van der Waals surface area contributed by atoms with Crippen LogP contribution in [0.5, 0.6) is 5.75 Å². The molecule has 0 spiro atoms. The molecular formula is C25H24N2O3. The molecule has 0 radical (unpaired) electrons. The predicted octanol–water partition coefficient (Wildman–Crippen LogP) is 4.25. The number of rotatable bonds is 5. The Hall–Kier alpha value is -3.36. The standard InChI is InChI=1S/C25H24N2O3/c1-27-23-8-6-19(16-20(23)7-9-24(27)28)18-30-22-5-2-4-21(17-22)25(10-3-13-26)11-14-29-15-12-25/h2-10,16-17H,11-12,14-15,18H2,1H3/b10-3+. The number of aromatic nitrogens is 1. The van der Waals surface area contributed by atoms with Gasteiger partial charge < -0.3 is 14.0 Å². The van der Waals surface area contributed by atoms with Gasteiger partial charge in [-0.2, -0.15) is 5.26 Å². The number of ether oxygens (including phenoxy) is 2. The predicted molar refractivity (Wildman–Crippen MR) is 116 cm³/mol. The van der Waals surface area contributed by atoms with Crippen LogP contribution in [0, 0.1) is 11.3 Å². The quantitative estimate of drug-likeness (QED) is 0.601. The van der Waals surface area contributed by atoms with Gasteiger partial charge in [-0.3, -0.25) is 4.79 Å². The van der Waals surface area contributed by atoms with Gasteiger partial charge in [0.15, 0.2) is 0 Å². The molecule has 0 amide bonds. The number of allylic oxidation sites excluding steroid dienone is 2. The molecule has 4 rings (SSSR count). The summed E-state index contributed by atoms with van der Waals surface area (Å²) in [5, 5.41) is 10.0. The molecule has 2 aromatic carbocycles. The Balaban J connectivity index is 1.55. The van der Waals surface area contributed by atoms with Crippen molar-refractivity contribution in [2.24, 2.45) is 7.05 Å². The first-order valence-corrected chi connectivity index (χ1v) is 10.1. The summed E-state index contributed by atoms with van der Waals surface area (Å²) in [5.74, 6) is 0.796. The summed E-state index contributed by atoms with van der Waals surface area (Å²) in [5.41, 5.74) is 2.87. The van der Waals surface area contributed by atoms with E-state index in [2.05, 4.69) is 18.2 Å². The third-order valence-electron chi connectivity index (χ3n) is 5.87. The van der Waals surface area contributed by atoms with Crippen LogP contribution in [0.25, 0.3) is 10.9 Å². The van der Waals surface area contributed by atoms with Gasteiger partial charge in [0, 0.05) is 37.8 Å². The Bertz CT molecular complexity index is 1180. The van der Waals surface area contributed by atoms with Gasteiger partial charge in [-0.15, -0.1) is 0 Å². The van der Waals surface area contributed by atoms with Crippen molar-refractivity contribution in [2.75, 3.05) is 13.2 Å². The molecule has 1 fully saturated rings. The maximum atomic E-state index is 11.8. The van der Waals surface area contributed by atoms with Crippen molar-refractivity contribution in [3.8, 4) is 11.8 Å². The van der Waals surface area contributed by atoms with E-state index in [1.807, 2.05) is 42.5 Å². The van der Waals surface area contributed by atoms with E-state index in [9.17, 15) is 4.79 Å². The molecular weight excluding hydrogens is 376 g/mol. The summed E-state index contributed by atoms with van der Waals surface area (Å²) in [6.45, 7) is 1.80. The smallest absolute Gasteiger partial charge is 0.250 e. The van der Waals surface area contributed by atoms with Gasteiger partial charge in [0.1, 0.15) is 12.4 Å². The van der Waals surface area contributed by atoms with Crippen molar-refractivity contribution < 1.29 is 9.47 Å². The summed E-state index contributed by atoms with van der Waals surface area (Å²) in [4.78, 5) is 11.8. The van der Waals surface area contributed by atoms with Crippen LogP contribution in [-0.2, 0) is 23.8 Å². The van der Waals surface area contributed by atoms with E-state index in [1.165, 1.54) is 0 Å². The van der Waals surface area contributed by atoms with Crippen LogP contribution >= 0.6 is 0 Å². The van der Waals surface area contributed by atoms with Crippen LogP contribution in [0.2, 0.25) is 0 Å². The van der Waals surface area contributed by atoms with E-state index >= 15 is 0 Å². The molecule has 0 atom stereocenters. The summed E-state index contributed by atoms with van der Waals surface area (Å²) in [7, 11) is 1.78. The van der Waals surface area contributed by atoms with Crippen molar-refractivity contribution in [1.82, 2.24) is 4.57 Å². The molecule has 1 saturated heterocycles. The monoisotopic (exact) mass is 400 g/mol. The van der Waals surface area contributed by atoms with Crippen LogP contribution in [0.4, 0.5) is 0 Å². The van der Waals surface area contributed by atoms with E-state index in [0.29, 0.717) is 19.8 Å². The number of hydrogen-bond acceptors (Lipinski definition) is 4. The van der Waals surface area contributed by atoms with Crippen molar-refractivity contribution in [1.29, 1.82) is 5.26 Å². The summed E-state index contributed by atoms with van der Waals surface area (Å²) in [6.07, 6.45) is 5.26. The van der Waals surface area contributed by atoms with E-state index in [4.69, 9.17) is 14.7 Å². The second kappa shape index (κ2) is 8.56. The Morgan fingerprint density at radius 1 is 1.17 bits per heavy atom. The zero-order chi connectivity index (χ0) is 21.0. The third kappa shape index (κ3) is 4.00. The first kappa shape index (κ1) is 19.9. The minimum Gasteiger partial charge on any atom is -0.489 e. The van der Waals surface area contributed by atoms with Crippen LogP contribution in [-0.4, -0.2) is 17.8 Å². The third-order valence-corrected chi connectivity index (χ3v) is 5.87. The molecule has 1 aliphatic heterocycles. The minimum absolute atomic E-state index is 0.0178. The van der Waals surface area contributed by atoms with Crippen molar-refractivity contribution >= 4 is 10.9 Å². The number of nitriles is 1. The van der Waals surface area contributed by atoms with E-state index in [-0.39, 0.29) is 11.0 Å². The molecule has 0 unspecified atom stereocenters. The van der Waals surface area contributed by atoms with Crippen molar-refractivity contribution in [3.63, 3.8) is 0 Å². The van der Waals surface area contributed by atoms with Gasteiger partial charge in [0.05, 0.1) is 11.6 Å². The number of fused-ring (bicyclic) bond motifs is 1. The molecule has 3 aromatic rings. The average molecular weight is 400 g/mol. The summed E-state index contributed by atoms with van der Waals surface area (Å²) in [6, 6.07) is 19.7. The van der Waals surface area contributed by atoms with Crippen molar-refractivity contribution in [2.45, 2.75) is 24.9 Å². The summed E-state index contributed by atoms with van der Waals surface area (Å²) >= 11 is 0. The topological polar surface area (TPSA) is 64.2 Å². The lowest BCUT2D eigenvalue weighted by molar-refractivity contribution is 0.0653. The van der Waals surface area contributed by atoms with Gasteiger partial charge in [0.2, 0.25) is 0 Å². The molecule has 0 bridgehead atoms. The highest BCUT2D eigenvalue weighted by molar-refractivity contribution is 5.79. The first-order valence-electron chi connectivity index (χ1n) is 10.1. The maximum Gasteiger partial charge on any atom is 0.250 e. The van der Waals surface area contributed by atoms with Gasteiger partial charge in [-0.25, -0.2) is 0 Å². The first-order chi connectivity index (χ1) is 14.6. The lowest BCUT2D eigenvalue weighted by Crippen LogP contribution is -2.31. The highest BCUT2D eigenvalue weighted by Crippen LogP contribution is 2.37. The second-order valence-corrected chi connectivity index (χ2v) is 7.67. The Kier molecular flexibility index (Phi) is 5.69. The molecule has 1 aliphatic rings. The van der Waals surface area contributed by atoms with Gasteiger partial charge in [0.25, 0.3) is 5.56 Å². The fraction of sp³-hybridized carbons (Fsp3) is 0.280. The normalized spacial score (nSPS) is 15.9. The van der Waals surface area contributed by atoms with E-state index < -0.39 is 0 Å². The highest BCUT2D eigenvalue weighted by Gasteiger charge is 2.32. The minimum atomic E-state index is -0.193. The van der Waals surface area contributed by atoms with Gasteiger partial charge in [-0.1, -0.05) is 24.3 Å². The number of pyridine rings is 1. The van der Waals surface area contributed by atoms with E-state index in [1.54, 1.807) is 23.8 Å². The Morgan fingerprint density at radius 3 is 2.80 bits per heavy atom. The zero-order valence-electron chi connectivity index (χ0n) is 17.0. The van der Waals surface area contributed by atoms with Crippen LogP contribution in [0.15, 0.2) is 71.5 Å². The SMILES string of the molecule is Cn1c(=O)ccc2cc(COc3cccc(C4(/C=C/C#N)CCOCC4)c3)ccc21. The molecule has 152 valence electrons. The second-order valence-electron chi connectivity index (χ2n) is 7.67. The zero-order valence-corrected chi connectivity index (χ0v) is 17.0. The molecule has 0 N–H and O–H groups in total. The molecule has 0 saturated carbocycles. The average Bonchev–Trinajstić information content (AvgIpc) is 2.79.